The molecule has 3 rings (SSSR count). The van der Waals surface area contributed by atoms with E-state index in [4.69, 9.17) is 0 Å². The van der Waals surface area contributed by atoms with Crippen molar-refractivity contribution in [1.29, 1.82) is 0 Å². The fourth-order valence-electron chi connectivity index (χ4n) is 2.04. The van der Waals surface area contributed by atoms with Gasteiger partial charge in [-0.05, 0) is 25.0 Å². The minimum absolute atomic E-state index is 0.0577. The predicted octanol–water partition coefficient (Wildman–Crippen LogP) is 1.80. The van der Waals surface area contributed by atoms with Crippen molar-refractivity contribution in [2.24, 2.45) is 13.0 Å². The Morgan fingerprint density at radius 2 is 2.00 bits per heavy atom. The van der Waals surface area contributed by atoms with Crippen molar-refractivity contribution in [2.45, 2.75) is 12.8 Å². The SMILES string of the molecule is Cn1nc(-c2ccccc2NC(=O)C2CC2)ccc1=O. The molecule has 1 aliphatic carbocycles. The zero-order chi connectivity index (χ0) is 14.1. The van der Waals surface area contributed by atoms with Gasteiger partial charge in [-0.1, -0.05) is 18.2 Å². The van der Waals surface area contributed by atoms with E-state index < -0.39 is 0 Å². The molecule has 0 radical (unpaired) electrons. The molecule has 1 aromatic carbocycles. The molecule has 0 saturated heterocycles. The van der Waals surface area contributed by atoms with E-state index >= 15 is 0 Å². The van der Waals surface area contributed by atoms with Crippen LogP contribution in [0, 0.1) is 5.92 Å². The van der Waals surface area contributed by atoms with E-state index in [9.17, 15) is 9.59 Å². The van der Waals surface area contributed by atoms with Crippen LogP contribution in [0.2, 0.25) is 0 Å². The lowest BCUT2D eigenvalue weighted by Gasteiger charge is -2.10. The lowest BCUT2D eigenvalue weighted by Crippen LogP contribution is -2.19. The first-order valence-corrected chi connectivity index (χ1v) is 6.60. The molecule has 1 aromatic heterocycles. The molecule has 5 nitrogen and oxygen atoms in total. The standard InChI is InChI=1S/C15H15N3O2/c1-18-14(19)9-8-13(17-18)11-4-2-3-5-12(11)16-15(20)10-6-7-10/h2-5,8-10H,6-7H2,1H3,(H,16,20). The Morgan fingerprint density at radius 3 is 2.70 bits per heavy atom. The molecule has 5 heteroatoms. The lowest BCUT2D eigenvalue weighted by molar-refractivity contribution is -0.117. The average Bonchev–Trinajstić information content (AvgIpc) is 3.27. The van der Waals surface area contributed by atoms with Gasteiger partial charge in [0.1, 0.15) is 0 Å². The van der Waals surface area contributed by atoms with Gasteiger partial charge in [-0.2, -0.15) is 5.10 Å². The van der Waals surface area contributed by atoms with Gasteiger partial charge in [0.2, 0.25) is 5.91 Å². The number of carbonyl (C=O) groups excluding carboxylic acids is 1. The van der Waals surface area contributed by atoms with Crippen molar-refractivity contribution >= 4 is 11.6 Å². The number of hydrogen-bond donors (Lipinski definition) is 1. The van der Waals surface area contributed by atoms with Gasteiger partial charge in [0.15, 0.2) is 0 Å². The van der Waals surface area contributed by atoms with Crippen molar-refractivity contribution in [3.63, 3.8) is 0 Å². The Labute approximate surface area is 116 Å². The van der Waals surface area contributed by atoms with Crippen LogP contribution in [0.15, 0.2) is 41.2 Å². The summed E-state index contributed by atoms with van der Waals surface area (Å²) in [6.45, 7) is 0. The number of carbonyl (C=O) groups is 1. The van der Waals surface area contributed by atoms with E-state index in [1.807, 2.05) is 24.3 Å². The number of aryl methyl sites for hydroxylation is 1. The third kappa shape index (κ3) is 2.47. The predicted molar refractivity (Wildman–Crippen MR) is 76.3 cm³/mol. The van der Waals surface area contributed by atoms with E-state index in [2.05, 4.69) is 10.4 Å². The molecule has 1 saturated carbocycles. The van der Waals surface area contributed by atoms with Crippen LogP contribution >= 0.6 is 0 Å². The number of para-hydroxylation sites is 1. The summed E-state index contributed by atoms with van der Waals surface area (Å²) in [5, 5.41) is 7.16. The van der Waals surface area contributed by atoms with Crippen LogP contribution in [-0.2, 0) is 11.8 Å². The maximum atomic E-state index is 11.9. The average molecular weight is 269 g/mol. The Hall–Kier alpha value is -2.43. The molecule has 0 spiro atoms. The Balaban J connectivity index is 1.97. The first-order valence-electron chi connectivity index (χ1n) is 6.60. The monoisotopic (exact) mass is 269 g/mol. The highest BCUT2D eigenvalue weighted by atomic mass is 16.2. The van der Waals surface area contributed by atoms with Crippen LogP contribution in [0.3, 0.4) is 0 Å². The minimum atomic E-state index is -0.159. The number of rotatable bonds is 3. The number of anilines is 1. The highest BCUT2D eigenvalue weighted by molar-refractivity contribution is 5.97. The van der Waals surface area contributed by atoms with E-state index in [0.717, 1.165) is 24.1 Å². The number of nitrogens with one attached hydrogen (secondary N) is 1. The van der Waals surface area contributed by atoms with Gasteiger partial charge in [-0.15, -0.1) is 0 Å². The van der Waals surface area contributed by atoms with Crippen molar-refractivity contribution < 1.29 is 4.79 Å². The van der Waals surface area contributed by atoms with E-state index in [1.165, 1.54) is 10.7 Å². The molecule has 1 heterocycles. The summed E-state index contributed by atoms with van der Waals surface area (Å²) in [5.74, 6) is 0.207. The zero-order valence-corrected chi connectivity index (χ0v) is 11.2. The summed E-state index contributed by atoms with van der Waals surface area (Å²) >= 11 is 0. The highest BCUT2D eigenvalue weighted by Crippen LogP contribution is 2.32. The van der Waals surface area contributed by atoms with Crippen molar-refractivity contribution in [2.75, 3.05) is 5.32 Å². The fourth-order valence-corrected chi connectivity index (χ4v) is 2.04. The summed E-state index contributed by atoms with van der Waals surface area (Å²) in [4.78, 5) is 23.3. The zero-order valence-electron chi connectivity index (χ0n) is 11.2. The maximum Gasteiger partial charge on any atom is 0.266 e. The molecule has 102 valence electrons. The molecule has 2 aromatic rings. The number of amides is 1. The lowest BCUT2D eigenvalue weighted by atomic mass is 10.1. The van der Waals surface area contributed by atoms with E-state index in [0.29, 0.717) is 5.69 Å². The maximum absolute atomic E-state index is 11.9. The summed E-state index contributed by atoms with van der Waals surface area (Å²) < 4.78 is 1.29. The Kier molecular flexibility index (Phi) is 3.10. The normalized spacial score (nSPS) is 14.1. The largest absolute Gasteiger partial charge is 0.325 e. The molecular formula is C15H15N3O2. The van der Waals surface area contributed by atoms with Crippen LogP contribution in [0.5, 0.6) is 0 Å². The van der Waals surface area contributed by atoms with Gasteiger partial charge in [-0.3, -0.25) is 9.59 Å². The minimum Gasteiger partial charge on any atom is -0.325 e. The van der Waals surface area contributed by atoms with Gasteiger partial charge in [0.25, 0.3) is 5.56 Å². The second-order valence-electron chi connectivity index (χ2n) is 4.99. The topological polar surface area (TPSA) is 64.0 Å². The van der Waals surface area contributed by atoms with Gasteiger partial charge < -0.3 is 5.32 Å². The molecule has 1 N–H and O–H groups in total. The summed E-state index contributed by atoms with van der Waals surface area (Å²) in [6, 6.07) is 10.6. The number of nitrogens with zero attached hydrogens (tertiary/aromatic N) is 2. The molecule has 0 unspecified atom stereocenters. The first kappa shape index (κ1) is 12.6. The van der Waals surface area contributed by atoms with Crippen LogP contribution in [0.25, 0.3) is 11.3 Å². The summed E-state index contributed by atoms with van der Waals surface area (Å²) in [6.07, 6.45) is 1.93. The Morgan fingerprint density at radius 1 is 1.25 bits per heavy atom. The molecule has 20 heavy (non-hydrogen) atoms. The highest BCUT2D eigenvalue weighted by Gasteiger charge is 2.30. The van der Waals surface area contributed by atoms with Crippen molar-refractivity contribution in [3.05, 3.63) is 46.8 Å². The molecule has 0 atom stereocenters. The van der Waals surface area contributed by atoms with Gasteiger partial charge in [0.05, 0.1) is 11.4 Å². The second-order valence-corrected chi connectivity index (χ2v) is 4.99. The first-order chi connectivity index (χ1) is 9.65. The number of aromatic nitrogens is 2. The summed E-state index contributed by atoms with van der Waals surface area (Å²) in [5.41, 5.74) is 2.06. The van der Waals surface area contributed by atoms with Crippen LogP contribution < -0.4 is 10.9 Å². The second kappa shape index (κ2) is 4.92. The van der Waals surface area contributed by atoms with Crippen molar-refractivity contribution in [1.82, 2.24) is 9.78 Å². The smallest absolute Gasteiger partial charge is 0.266 e. The molecular weight excluding hydrogens is 254 g/mol. The molecule has 1 fully saturated rings. The molecule has 0 bridgehead atoms. The van der Waals surface area contributed by atoms with Crippen molar-refractivity contribution in [3.8, 4) is 11.3 Å². The van der Waals surface area contributed by atoms with E-state index in [-0.39, 0.29) is 17.4 Å². The third-order valence-corrected chi connectivity index (χ3v) is 3.37. The van der Waals surface area contributed by atoms with Gasteiger partial charge >= 0.3 is 0 Å². The number of benzene rings is 1. The number of hydrogen-bond acceptors (Lipinski definition) is 3. The van der Waals surface area contributed by atoms with Crippen LogP contribution in [0.1, 0.15) is 12.8 Å². The quantitative estimate of drug-likeness (QED) is 0.924. The van der Waals surface area contributed by atoms with Gasteiger partial charge in [-0.25, -0.2) is 4.68 Å². The van der Waals surface area contributed by atoms with Crippen LogP contribution in [-0.4, -0.2) is 15.7 Å². The van der Waals surface area contributed by atoms with Crippen LogP contribution in [0.4, 0.5) is 5.69 Å². The van der Waals surface area contributed by atoms with E-state index in [1.54, 1.807) is 13.1 Å². The third-order valence-electron chi connectivity index (χ3n) is 3.37. The molecule has 1 amide bonds. The Bertz CT molecular complexity index is 717. The van der Waals surface area contributed by atoms with Gasteiger partial charge in [0, 0.05) is 24.6 Å². The molecule has 0 aliphatic heterocycles. The fraction of sp³-hybridized carbons (Fsp3) is 0.267. The molecule has 1 aliphatic rings. The summed E-state index contributed by atoms with van der Waals surface area (Å²) in [7, 11) is 1.61.